The van der Waals surface area contributed by atoms with Crippen LogP contribution in [0.5, 0.6) is 17.2 Å². The Morgan fingerprint density at radius 3 is 2.25 bits per heavy atom. The lowest BCUT2D eigenvalue weighted by atomic mass is 10.1. The summed E-state index contributed by atoms with van der Waals surface area (Å²) < 4.78 is 43.3. The number of carbonyl (C=O) groups is 1. The second-order valence-corrected chi connectivity index (χ2v) is 9.22. The lowest BCUT2D eigenvalue weighted by Gasteiger charge is -2.21. The van der Waals surface area contributed by atoms with Gasteiger partial charge in [0.25, 0.3) is 5.91 Å². The van der Waals surface area contributed by atoms with Crippen molar-refractivity contribution in [3.63, 3.8) is 0 Å². The first-order valence-corrected chi connectivity index (χ1v) is 11.9. The van der Waals surface area contributed by atoms with E-state index in [0.717, 1.165) is 5.56 Å². The Morgan fingerprint density at radius 1 is 1.03 bits per heavy atom. The summed E-state index contributed by atoms with van der Waals surface area (Å²) in [6.07, 6.45) is 0. The number of hydrogen-bond acceptors (Lipinski definition) is 6. The van der Waals surface area contributed by atoms with Crippen LogP contribution >= 0.6 is 11.6 Å². The van der Waals surface area contributed by atoms with E-state index in [9.17, 15) is 13.2 Å². The lowest BCUT2D eigenvalue weighted by Crippen LogP contribution is -2.33. The van der Waals surface area contributed by atoms with Gasteiger partial charge in [0.1, 0.15) is 10.6 Å². The summed E-state index contributed by atoms with van der Waals surface area (Å²) in [6.45, 7) is 5.55. The average Bonchev–Trinajstić information content (AvgIpc) is 2.78. The number of rotatable bonds is 11. The highest BCUT2D eigenvalue weighted by atomic mass is 35.5. The molecule has 0 aliphatic carbocycles. The molecule has 0 saturated heterocycles. The molecule has 1 N–H and O–H groups in total. The van der Waals surface area contributed by atoms with Gasteiger partial charge in [0.2, 0.25) is 10.0 Å². The molecule has 1 amide bonds. The van der Waals surface area contributed by atoms with Gasteiger partial charge in [0, 0.05) is 18.1 Å². The number of nitrogens with one attached hydrogen (secondary N) is 1. The molecule has 8 nitrogen and oxygen atoms in total. The quantitative estimate of drug-likeness (QED) is 0.523. The van der Waals surface area contributed by atoms with Crippen LogP contribution in [0.15, 0.2) is 41.3 Å². The number of carbonyl (C=O) groups excluding carboxylic acids is 1. The Labute approximate surface area is 194 Å². The molecule has 176 valence electrons. The van der Waals surface area contributed by atoms with Gasteiger partial charge in [0.15, 0.2) is 18.1 Å². The zero-order valence-corrected chi connectivity index (χ0v) is 20.4. The fourth-order valence-corrected chi connectivity index (χ4v) is 4.99. The van der Waals surface area contributed by atoms with E-state index in [2.05, 4.69) is 5.32 Å². The maximum absolute atomic E-state index is 13.0. The molecule has 0 spiro atoms. The highest BCUT2D eigenvalue weighted by Crippen LogP contribution is 2.31. The van der Waals surface area contributed by atoms with E-state index < -0.39 is 15.9 Å². The third-order valence-electron chi connectivity index (χ3n) is 4.87. The Bertz CT molecular complexity index is 1040. The molecule has 0 aromatic heterocycles. The molecule has 32 heavy (non-hydrogen) atoms. The molecule has 1 atom stereocenters. The van der Waals surface area contributed by atoms with Crippen LogP contribution in [0.3, 0.4) is 0 Å². The highest BCUT2D eigenvalue weighted by Gasteiger charge is 2.26. The number of halogens is 1. The third-order valence-corrected chi connectivity index (χ3v) is 7.18. The summed E-state index contributed by atoms with van der Waals surface area (Å²) in [5, 5.41) is 3.08. The monoisotopic (exact) mass is 484 g/mol. The van der Waals surface area contributed by atoms with Gasteiger partial charge in [-0.1, -0.05) is 31.5 Å². The molecule has 2 aromatic rings. The van der Waals surface area contributed by atoms with Crippen molar-refractivity contribution in [3.05, 3.63) is 47.0 Å². The number of hydrogen-bond donors (Lipinski definition) is 1. The van der Waals surface area contributed by atoms with Gasteiger partial charge in [0.05, 0.1) is 20.3 Å². The van der Waals surface area contributed by atoms with E-state index in [-0.39, 0.29) is 28.3 Å². The number of sulfonamides is 1. The predicted molar refractivity (Wildman–Crippen MR) is 123 cm³/mol. The van der Waals surface area contributed by atoms with E-state index in [4.69, 9.17) is 25.8 Å². The minimum Gasteiger partial charge on any atom is -0.493 e. The molecule has 0 saturated carbocycles. The Hall–Kier alpha value is -2.49. The van der Waals surface area contributed by atoms with Crippen LogP contribution in [0.4, 0.5) is 0 Å². The number of nitrogens with zero attached hydrogens (tertiary/aromatic N) is 1. The van der Waals surface area contributed by atoms with E-state index in [1.165, 1.54) is 29.6 Å². The molecule has 10 heteroatoms. The Kier molecular flexibility index (Phi) is 9.18. The van der Waals surface area contributed by atoms with Gasteiger partial charge in [-0.05, 0) is 42.8 Å². The zero-order chi connectivity index (χ0) is 23.9. The largest absolute Gasteiger partial charge is 0.493 e. The summed E-state index contributed by atoms with van der Waals surface area (Å²) in [7, 11) is -0.733. The molecule has 2 rings (SSSR count). The number of amides is 1. The van der Waals surface area contributed by atoms with E-state index in [1.807, 2.05) is 13.0 Å². The van der Waals surface area contributed by atoms with Crippen molar-refractivity contribution in [1.82, 2.24) is 9.62 Å². The van der Waals surface area contributed by atoms with Gasteiger partial charge >= 0.3 is 0 Å². The zero-order valence-electron chi connectivity index (χ0n) is 18.8. The molecule has 2 aromatic carbocycles. The minimum absolute atomic E-state index is 0.0650. The second kappa shape index (κ2) is 11.4. The summed E-state index contributed by atoms with van der Waals surface area (Å²) >= 11 is 6.02. The van der Waals surface area contributed by atoms with Crippen molar-refractivity contribution in [2.75, 3.05) is 33.9 Å². The van der Waals surface area contributed by atoms with Crippen LogP contribution < -0.4 is 19.5 Å². The molecular weight excluding hydrogens is 456 g/mol. The maximum atomic E-state index is 13.0. The van der Waals surface area contributed by atoms with Crippen molar-refractivity contribution in [1.29, 1.82) is 0 Å². The van der Waals surface area contributed by atoms with Gasteiger partial charge in [-0.25, -0.2) is 8.42 Å². The van der Waals surface area contributed by atoms with Gasteiger partial charge in [-0.2, -0.15) is 4.31 Å². The Morgan fingerprint density at radius 2 is 1.66 bits per heavy atom. The van der Waals surface area contributed by atoms with Crippen molar-refractivity contribution in [2.45, 2.75) is 31.7 Å². The van der Waals surface area contributed by atoms with Gasteiger partial charge < -0.3 is 19.5 Å². The number of methoxy groups -OCH3 is 2. The van der Waals surface area contributed by atoms with Crippen LogP contribution in [-0.2, 0) is 14.8 Å². The molecule has 0 aliphatic rings. The van der Waals surface area contributed by atoms with E-state index in [1.54, 1.807) is 33.1 Å². The van der Waals surface area contributed by atoms with Crippen molar-refractivity contribution < 1.29 is 27.4 Å². The molecule has 0 aliphatic heterocycles. The second-order valence-electron chi connectivity index (χ2n) is 6.87. The van der Waals surface area contributed by atoms with Crippen LogP contribution in [-0.4, -0.2) is 52.5 Å². The van der Waals surface area contributed by atoms with Crippen LogP contribution in [0, 0.1) is 0 Å². The number of benzene rings is 2. The summed E-state index contributed by atoms with van der Waals surface area (Å²) in [4.78, 5) is 12.4. The highest BCUT2D eigenvalue weighted by molar-refractivity contribution is 7.89. The first kappa shape index (κ1) is 25.8. The van der Waals surface area contributed by atoms with Gasteiger partial charge in [-0.3, -0.25) is 4.79 Å². The smallest absolute Gasteiger partial charge is 0.258 e. The summed E-state index contributed by atoms with van der Waals surface area (Å²) in [6, 6.07) is 9.31. The van der Waals surface area contributed by atoms with Crippen molar-refractivity contribution in [3.8, 4) is 17.2 Å². The first-order chi connectivity index (χ1) is 15.2. The topological polar surface area (TPSA) is 94.2 Å². The van der Waals surface area contributed by atoms with Crippen molar-refractivity contribution >= 4 is 27.5 Å². The van der Waals surface area contributed by atoms with Crippen LogP contribution in [0.1, 0.15) is 32.4 Å². The first-order valence-electron chi connectivity index (χ1n) is 10.1. The van der Waals surface area contributed by atoms with E-state index >= 15 is 0 Å². The van der Waals surface area contributed by atoms with Crippen LogP contribution in [0.25, 0.3) is 0 Å². The standard InChI is InChI=1S/C22H29ClN2O6S/c1-6-25(7-2)32(27,28)21-13-17(23)9-11-19(21)31-14-22(26)24-15(3)16-8-10-18(29-4)20(12-16)30-5/h8-13,15H,6-7,14H2,1-5H3,(H,24,26)/t15-/m1/s1. The Balaban J connectivity index is 2.13. The molecule has 0 unspecified atom stereocenters. The lowest BCUT2D eigenvalue weighted by molar-refractivity contribution is -0.123. The predicted octanol–water partition coefficient (Wildman–Crippen LogP) is 3.64. The molecule has 0 heterocycles. The third kappa shape index (κ3) is 6.05. The van der Waals surface area contributed by atoms with Gasteiger partial charge in [-0.15, -0.1) is 0 Å². The maximum Gasteiger partial charge on any atom is 0.258 e. The molecular formula is C22H29ClN2O6S. The van der Waals surface area contributed by atoms with E-state index in [0.29, 0.717) is 24.6 Å². The fraction of sp³-hybridized carbons (Fsp3) is 0.409. The normalized spacial score (nSPS) is 12.3. The summed E-state index contributed by atoms with van der Waals surface area (Å²) in [5.41, 5.74) is 0.812. The molecule has 0 bridgehead atoms. The SMILES string of the molecule is CCN(CC)S(=O)(=O)c1cc(Cl)ccc1OCC(=O)N[C@H](C)c1ccc(OC)c(OC)c1. The molecule has 0 fully saturated rings. The number of ether oxygens (including phenoxy) is 3. The minimum atomic E-state index is -3.82. The average molecular weight is 485 g/mol. The summed E-state index contributed by atoms with van der Waals surface area (Å²) in [5.74, 6) is 0.793. The fourth-order valence-electron chi connectivity index (χ4n) is 3.14. The van der Waals surface area contributed by atoms with Crippen LogP contribution in [0.2, 0.25) is 5.02 Å². The molecule has 0 radical (unpaired) electrons. The van der Waals surface area contributed by atoms with Crippen molar-refractivity contribution in [2.24, 2.45) is 0 Å².